The number of aryl methyl sites for hydroxylation is 1. The molecule has 4 nitrogen and oxygen atoms in total. The van der Waals surface area contributed by atoms with E-state index in [1.165, 1.54) is 0 Å². The summed E-state index contributed by atoms with van der Waals surface area (Å²) in [5, 5.41) is 5.18. The predicted octanol–water partition coefficient (Wildman–Crippen LogP) is 2.59. The lowest BCUT2D eigenvalue weighted by atomic mass is 10.1. The van der Waals surface area contributed by atoms with Gasteiger partial charge in [0.25, 0.3) is 0 Å². The highest BCUT2D eigenvalue weighted by molar-refractivity contribution is 6.06. The van der Waals surface area contributed by atoms with E-state index in [4.69, 9.17) is 4.42 Å². The van der Waals surface area contributed by atoms with Crippen LogP contribution in [0, 0.1) is 0 Å². The minimum atomic E-state index is -0.0262. The summed E-state index contributed by atoms with van der Waals surface area (Å²) in [6.07, 6.45) is 1.81. The molecule has 18 heavy (non-hydrogen) atoms. The molecule has 0 radical (unpaired) electrons. The van der Waals surface area contributed by atoms with E-state index in [1.54, 1.807) is 23.1 Å². The fraction of sp³-hybridized carbons (Fsp3) is 0.143. The first-order chi connectivity index (χ1) is 8.75. The van der Waals surface area contributed by atoms with Crippen LogP contribution in [0.2, 0.25) is 0 Å². The van der Waals surface area contributed by atoms with Crippen LogP contribution in [-0.2, 0) is 13.5 Å². The molecule has 0 saturated carbocycles. The van der Waals surface area contributed by atoms with Gasteiger partial charge in [-0.15, -0.1) is 0 Å². The van der Waals surface area contributed by atoms with Crippen LogP contribution in [0.3, 0.4) is 0 Å². The van der Waals surface area contributed by atoms with Crippen LogP contribution < -0.4 is 0 Å². The van der Waals surface area contributed by atoms with Crippen molar-refractivity contribution in [2.24, 2.45) is 7.05 Å². The first kappa shape index (κ1) is 10.8. The number of fused-ring (bicyclic) bond motifs is 1. The zero-order chi connectivity index (χ0) is 12.5. The van der Waals surface area contributed by atoms with E-state index in [0.717, 1.165) is 10.9 Å². The van der Waals surface area contributed by atoms with Crippen molar-refractivity contribution in [1.82, 2.24) is 9.78 Å². The third kappa shape index (κ3) is 1.72. The fourth-order valence-corrected chi connectivity index (χ4v) is 2.07. The molecule has 0 spiro atoms. The van der Waals surface area contributed by atoms with Gasteiger partial charge < -0.3 is 4.42 Å². The van der Waals surface area contributed by atoms with E-state index < -0.39 is 0 Å². The van der Waals surface area contributed by atoms with Gasteiger partial charge in [0.1, 0.15) is 11.5 Å². The topological polar surface area (TPSA) is 48.0 Å². The van der Waals surface area contributed by atoms with Gasteiger partial charge in [-0.05, 0) is 18.2 Å². The predicted molar refractivity (Wildman–Crippen MR) is 67.5 cm³/mol. The SMILES string of the molecule is Cn1nc(C(=O)Cc2ccco2)c2ccccc21. The van der Waals surface area contributed by atoms with Crippen molar-refractivity contribution in [3.63, 3.8) is 0 Å². The fourth-order valence-electron chi connectivity index (χ4n) is 2.07. The Bertz CT molecular complexity index is 696. The van der Waals surface area contributed by atoms with Gasteiger partial charge in [-0.25, -0.2) is 0 Å². The number of para-hydroxylation sites is 1. The van der Waals surface area contributed by atoms with Crippen LogP contribution in [0.5, 0.6) is 0 Å². The van der Waals surface area contributed by atoms with Crippen LogP contribution in [0.1, 0.15) is 16.2 Å². The maximum atomic E-state index is 12.2. The molecule has 0 saturated heterocycles. The van der Waals surface area contributed by atoms with Gasteiger partial charge in [0.05, 0.1) is 18.2 Å². The van der Waals surface area contributed by atoms with E-state index in [-0.39, 0.29) is 12.2 Å². The molecule has 1 aromatic carbocycles. The number of ketones is 1. The highest BCUT2D eigenvalue weighted by Crippen LogP contribution is 2.19. The molecular formula is C14H12N2O2. The zero-order valence-electron chi connectivity index (χ0n) is 9.96. The lowest BCUT2D eigenvalue weighted by molar-refractivity contribution is 0.0983. The minimum absolute atomic E-state index is 0.0262. The Morgan fingerprint density at radius 2 is 2.11 bits per heavy atom. The summed E-state index contributed by atoms with van der Waals surface area (Å²) in [5.74, 6) is 0.636. The maximum absolute atomic E-state index is 12.2. The number of rotatable bonds is 3. The second-order valence-electron chi connectivity index (χ2n) is 4.17. The van der Waals surface area contributed by atoms with Crippen molar-refractivity contribution >= 4 is 16.7 Å². The summed E-state index contributed by atoms with van der Waals surface area (Å²) in [4.78, 5) is 12.2. The minimum Gasteiger partial charge on any atom is -0.469 e. The van der Waals surface area contributed by atoms with Crippen molar-refractivity contribution < 1.29 is 9.21 Å². The third-order valence-electron chi connectivity index (χ3n) is 2.94. The first-order valence-electron chi connectivity index (χ1n) is 5.73. The highest BCUT2D eigenvalue weighted by Gasteiger charge is 2.16. The summed E-state index contributed by atoms with van der Waals surface area (Å²) in [6, 6.07) is 11.3. The van der Waals surface area contributed by atoms with Crippen LogP contribution in [0.25, 0.3) is 10.9 Å². The normalized spacial score (nSPS) is 10.9. The molecule has 0 aliphatic heterocycles. The Balaban J connectivity index is 2.01. The van der Waals surface area contributed by atoms with Crippen LogP contribution in [0.15, 0.2) is 47.1 Å². The molecule has 0 unspecified atom stereocenters. The van der Waals surface area contributed by atoms with Gasteiger partial charge in [0, 0.05) is 12.4 Å². The lowest BCUT2D eigenvalue weighted by Gasteiger charge is -1.95. The Morgan fingerprint density at radius 3 is 2.89 bits per heavy atom. The molecule has 0 atom stereocenters. The van der Waals surface area contributed by atoms with E-state index in [0.29, 0.717) is 11.5 Å². The van der Waals surface area contributed by atoms with Crippen LogP contribution >= 0.6 is 0 Å². The standard InChI is InChI=1S/C14H12N2O2/c1-16-12-7-3-2-6-11(12)14(15-16)13(17)9-10-5-4-8-18-10/h2-8H,9H2,1H3. The van der Waals surface area contributed by atoms with Gasteiger partial charge in [0.2, 0.25) is 0 Å². The van der Waals surface area contributed by atoms with Crippen LogP contribution in [-0.4, -0.2) is 15.6 Å². The number of aromatic nitrogens is 2. The van der Waals surface area contributed by atoms with Crippen LogP contribution in [0.4, 0.5) is 0 Å². The quantitative estimate of drug-likeness (QED) is 0.661. The largest absolute Gasteiger partial charge is 0.469 e. The summed E-state index contributed by atoms with van der Waals surface area (Å²) in [5.41, 5.74) is 1.46. The summed E-state index contributed by atoms with van der Waals surface area (Å²) >= 11 is 0. The zero-order valence-corrected chi connectivity index (χ0v) is 9.96. The van der Waals surface area contributed by atoms with Gasteiger partial charge in [-0.3, -0.25) is 9.48 Å². The average molecular weight is 240 g/mol. The molecule has 0 N–H and O–H groups in total. The van der Waals surface area contributed by atoms with Gasteiger partial charge in [-0.2, -0.15) is 5.10 Å². The molecule has 2 aromatic heterocycles. The Kier molecular flexibility index (Phi) is 2.48. The molecule has 0 amide bonds. The van der Waals surface area contributed by atoms with Gasteiger partial charge in [0.15, 0.2) is 5.78 Å². The van der Waals surface area contributed by atoms with E-state index in [9.17, 15) is 4.79 Å². The second kappa shape index (κ2) is 4.14. The number of benzene rings is 1. The van der Waals surface area contributed by atoms with E-state index in [1.807, 2.05) is 31.3 Å². The van der Waals surface area contributed by atoms with Crippen molar-refractivity contribution in [3.8, 4) is 0 Å². The first-order valence-corrected chi connectivity index (χ1v) is 5.73. The molecule has 3 aromatic rings. The Labute approximate surface area is 104 Å². The number of hydrogen-bond donors (Lipinski definition) is 0. The molecule has 3 rings (SSSR count). The van der Waals surface area contributed by atoms with Gasteiger partial charge in [-0.1, -0.05) is 18.2 Å². The number of furan rings is 1. The number of nitrogens with zero attached hydrogens (tertiary/aromatic N) is 2. The number of hydrogen-bond acceptors (Lipinski definition) is 3. The Morgan fingerprint density at radius 1 is 1.28 bits per heavy atom. The Hall–Kier alpha value is -2.36. The third-order valence-corrected chi connectivity index (χ3v) is 2.94. The second-order valence-corrected chi connectivity index (χ2v) is 4.17. The van der Waals surface area contributed by atoms with Crippen molar-refractivity contribution in [2.75, 3.05) is 0 Å². The average Bonchev–Trinajstić information content (AvgIpc) is 2.98. The number of carbonyl (C=O) groups is 1. The van der Waals surface area contributed by atoms with Crippen molar-refractivity contribution in [2.45, 2.75) is 6.42 Å². The molecule has 4 heteroatoms. The molecule has 0 aliphatic rings. The molecule has 2 heterocycles. The monoisotopic (exact) mass is 240 g/mol. The smallest absolute Gasteiger partial charge is 0.191 e. The van der Waals surface area contributed by atoms with Crippen molar-refractivity contribution in [1.29, 1.82) is 0 Å². The molecule has 90 valence electrons. The van der Waals surface area contributed by atoms with Crippen molar-refractivity contribution in [3.05, 3.63) is 54.1 Å². The van der Waals surface area contributed by atoms with E-state index in [2.05, 4.69) is 5.10 Å². The molecule has 0 aliphatic carbocycles. The maximum Gasteiger partial charge on any atom is 0.191 e. The number of Topliss-reactive ketones (excluding diaryl/α,β-unsaturated/α-hetero) is 1. The van der Waals surface area contributed by atoms with E-state index >= 15 is 0 Å². The summed E-state index contributed by atoms with van der Waals surface area (Å²) in [7, 11) is 1.84. The summed E-state index contributed by atoms with van der Waals surface area (Å²) < 4.78 is 6.92. The molecular weight excluding hydrogens is 228 g/mol. The lowest BCUT2D eigenvalue weighted by Crippen LogP contribution is -2.05. The van der Waals surface area contributed by atoms with Gasteiger partial charge >= 0.3 is 0 Å². The number of carbonyl (C=O) groups excluding carboxylic acids is 1. The molecule has 0 fully saturated rings. The highest BCUT2D eigenvalue weighted by atomic mass is 16.3. The molecule has 0 bridgehead atoms. The summed E-state index contributed by atoms with van der Waals surface area (Å²) in [6.45, 7) is 0.